The predicted octanol–water partition coefficient (Wildman–Crippen LogP) is -0.593. The first-order valence-corrected chi connectivity index (χ1v) is 4.88. The van der Waals surface area contributed by atoms with Gasteiger partial charge in [0.2, 0.25) is 5.91 Å². The molecule has 0 bridgehead atoms. The van der Waals surface area contributed by atoms with Crippen molar-refractivity contribution >= 4 is 17.8 Å². The minimum Gasteiger partial charge on any atom is -0.355 e. The molecule has 0 radical (unpaired) electrons. The van der Waals surface area contributed by atoms with Crippen molar-refractivity contribution in [3.05, 3.63) is 0 Å². The predicted molar refractivity (Wildman–Crippen MR) is 53.0 cm³/mol. The molecule has 6 nitrogen and oxygen atoms in total. The molecule has 0 aromatic rings. The highest BCUT2D eigenvalue weighted by molar-refractivity contribution is 6.04. The Morgan fingerprint density at radius 2 is 2.13 bits per heavy atom. The number of rotatable bonds is 4. The van der Waals surface area contributed by atoms with Gasteiger partial charge in [0.1, 0.15) is 13.1 Å². The summed E-state index contributed by atoms with van der Waals surface area (Å²) in [6.45, 7) is 2.37. The number of hydrogen-bond acceptors (Lipinski definition) is 3. The lowest BCUT2D eigenvalue weighted by atomic mass is 10.4. The number of nitrogens with one attached hydrogen (secondary N) is 1. The summed E-state index contributed by atoms with van der Waals surface area (Å²) in [6.07, 6.45) is 0.827. The molecule has 84 valence electrons. The third kappa shape index (κ3) is 2.68. The van der Waals surface area contributed by atoms with Crippen molar-refractivity contribution in [3.63, 3.8) is 0 Å². The van der Waals surface area contributed by atoms with Crippen LogP contribution in [0.2, 0.25) is 0 Å². The van der Waals surface area contributed by atoms with Crippen molar-refractivity contribution in [2.24, 2.45) is 0 Å². The van der Waals surface area contributed by atoms with Gasteiger partial charge in [-0.25, -0.2) is 4.79 Å². The molecule has 1 rings (SSSR count). The van der Waals surface area contributed by atoms with Crippen LogP contribution in [-0.2, 0) is 9.59 Å². The average Bonchev–Trinajstić information content (AvgIpc) is 2.42. The molecule has 1 N–H and O–H groups in total. The van der Waals surface area contributed by atoms with Gasteiger partial charge in [-0.3, -0.25) is 14.5 Å². The Labute approximate surface area is 88.2 Å². The minimum atomic E-state index is -0.411. The number of carbonyl (C=O) groups excluding carboxylic acids is 3. The Hall–Kier alpha value is -1.59. The second kappa shape index (κ2) is 4.77. The fourth-order valence-corrected chi connectivity index (χ4v) is 1.29. The summed E-state index contributed by atoms with van der Waals surface area (Å²) in [5, 5.41) is 2.61. The van der Waals surface area contributed by atoms with Crippen molar-refractivity contribution in [1.82, 2.24) is 15.1 Å². The minimum absolute atomic E-state index is 0.0554. The second-order valence-electron chi connectivity index (χ2n) is 3.47. The number of imide groups is 1. The van der Waals surface area contributed by atoms with Gasteiger partial charge in [-0.2, -0.15) is 0 Å². The van der Waals surface area contributed by atoms with Crippen LogP contribution < -0.4 is 5.32 Å². The van der Waals surface area contributed by atoms with Crippen LogP contribution in [0.5, 0.6) is 0 Å². The van der Waals surface area contributed by atoms with E-state index in [0.717, 1.165) is 11.3 Å². The van der Waals surface area contributed by atoms with Crippen LogP contribution >= 0.6 is 0 Å². The first-order chi connectivity index (χ1) is 7.06. The van der Waals surface area contributed by atoms with Gasteiger partial charge < -0.3 is 10.2 Å². The van der Waals surface area contributed by atoms with E-state index in [1.54, 1.807) is 0 Å². The molecule has 1 fully saturated rings. The van der Waals surface area contributed by atoms with E-state index >= 15 is 0 Å². The summed E-state index contributed by atoms with van der Waals surface area (Å²) in [7, 11) is 1.53. The lowest BCUT2D eigenvalue weighted by Gasteiger charge is -2.13. The molecule has 0 saturated carbocycles. The lowest BCUT2D eigenvalue weighted by Crippen LogP contribution is -2.41. The van der Waals surface area contributed by atoms with Gasteiger partial charge in [0, 0.05) is 13.6 Å². The molecule has 0 aromatic heterocycles. The molecule has 4 amide bonds. The number of carbonyl (C=O) groups is 3. The molecule has 0 spiro atoms. The Kier molecular flexibility index (Phi) is 3.65. The summed E-state index contributed by atoms with van der Waals surface area (Å²) >= 11 is 0. The van der Waals surface area contributed by atoms with Gasteiger partial charge >= 0.3 is 6.03 Å². The second-order valence-corrected chi connectivity index (χ2v) is 3.47. The summed E-state index contributed by atoms with van der Waals surface area (Å²) in [5.41, 5.74) is 0. The van der Waals surface area contributed by atoms with E-state index in [0.29, 0.717) is 6.54 Å². The lowest BCUT2D eigenvalue weighted by molar-refractivity contribution is -0.130. The quantitative estimate of drug-likeness (QED) is 0.634. The summed E-state index contributed by atoms with van der Waals surface area (Å²) in [5.74, 6) is -0.622. The highest BCUT2D eigenvalue weighted by atomic mass is 16.2. The van der Waals surface area contributed by atoms with Crippen LogP contribution in [0, 0.1) is 0 Å². The van der Waals surface area contributed by atoms with E-state index in [4.69, 9.17) is 0 Å². The van der Waals surface area contributed by atoms with E-state index in [1.165, 1.54) is 11.9 Å². The SMILES string of the molecule is CCCNC(=O)CN1C(=O)CN(C)C1=O. The van der Waals surface area contributed by atoms with Crippen molar-refractivity contribution < 1.29 is 14.4 Å². The maximum atomic E-state index is 11.4. The Morgan fingerprint density at radius 3 is 2.60 bits per heavy atom. The molecular formula is C9H15N3O3. The van der Waals surface area contributed by atoms with Gasteiger partial charge in [-0.05, 0) is 6.42 Å². The molecule has 0 atom stereocenters. The molecule has 0 aliphatic carbocycles. The summed E-state index contributed by atoms with van der Waals surface area (Å²) in [6, 6.07) is -0.411. The molecule has 1 aliphatic rings. The first kappa shape index (κ1) is 11.5. The fourth-order valence-electron chi connectivity index (χ4n) is 1.29. The van der Waals surface area contributed by atoms with E-state index in [-0.39, 0.29) is 24.9 Å². The zero-order valence-electron chi connectivity index (χ0n) is 8.95. The number of nitrogens with zero attached hydrogens (tertiary/aromatic N) is 2. The maximum Gasteiger partial charge on any atom is 0.327 e. The van der Waals surface area contributed by atoms with E-state index in [2.05, 4.69) is 5.32 Å². The van der Waals surface area contributed by atoms with Crippen LogP contribution in [0.15, 0.2) is 0 Å². The van der Waals surface area contributed by atoms with Gasteiger partial charge in [0.15, 0.2) is 0 Å². The monoisotopic (exact) mass is 213 g/mol. The summed E-state index contributed by atoms with van der Waals surface area (Å²) < 4.78 is 0. The third-order valence-electron chi connectivity index (χ3n) is 2.10. The Balaban J connectivity index is 2.47. The Morgan fingerprint density at radius 1 is 1.47 bits per heavy atom. The fraction of sp³-hybridized carbons (Fsp3) is 0.667. The highest BCUT2D eigenvalue weighted by Gasteiger charge is 2.34. The zero-order valence-corrected chi connectivity index (χ0v) is 8.95. The molecule has 1 aliphatic heterocycles. The topological polar surface area (TPSA) is 69.7 Å². The van der Waals surface area contributed by atoms with Gasteiger partial charge in [-0.1, -0.05) is 6.92 Å². The van der Waals surface area contributed by atoms with Crippen LogP contribution in [0.1, 0.15) is 13.3 Å². The van der Waals surface area contributed by atoms with Crippen molar-refractivity contribution in [1.29, 1.82) is 0 Å². The Bertz CT molecular complexity index is 290. The van der Waals surface area contributed by atoms with Crippen LogP contribution in [0.3, 0.4) is 0 Å². The largest absolute Gasteiger partial charge is 0.355 e. The van der Waals surface area contributed by atoms with E-state index in [1.807, 2.05) is 6.92 Å². The van der Waals surface area contributed by atoms with Gasteiger partial charge in [-0.15, -0.1) is 0 Å². The van der Waals surface area contributed by atoms with Crippen molar-refractivity contribution in [3.8, 4) is 0 Å². The molecule has 1 heterocycles. The molecular weight excluding hydrogens is 198 g/mol. The van der Waals surface area contributed by atoms with Gasteiger partial charge in [0.05, 0.1) is 0 Å². The van der Waals surface area contributed by atoms with Crippen LogP contribution in [0.25, 0.3) is 0 Å². The molecule has 0 unspecified atom stereocenters. The van der Waals surface area contributed by atoms with E-state index < -0.39 is 6.03 Å². The molecule has 1 saturated heterocycles. The highest BCUT2D eigenvalue weighted by Crippen LogP contribution is 2.06. The number of urea groups is 1. The third-order valence-corrected chi connectivity index (χ3v) is 2.10. The normalized spacial score (nSPS) is 16.1. The van der Waals surface area contributed by atoms with Gasteiger partial charge in [0.25, 0.3) is 5.91 Å². The van der Waals surface area contributed by atoms with E-state index in [9.17, 15) is 14.4 Å². The van der Waals surface area contributed by atoms with Crippen molar-refractivity contribution in [2.45, 2.75) is 13.3 Å². The molecule has 6 heteroatoms. The average molecular weight is 213 g/mol. The van der Waals surface area contributed by atoms with Crippen LogP contribution in [-0.4, -0.2) is 54.3 Å². The molecule has 0 aromatic carbocycles. The smallest absolute Gasteiger partial charge is 0.327 e. The zero-order chi connectivity index (χ0) is 11.4. The number of hydrogen-bond donors (Lipinski definition) is 1. The molecule has 15 heavy (non-hydrogen) atoms. The first-order valence-electron chi connectivity index (χ1n) is 4.88. The van der Waals surface area contributed by atoms with Crippen molar-refractivity contribution in [2.75, 3.05) is 26.7 Å². The number of amides is 4. The number of likely N-dealkylation sites (N-methyl/N-ethyl adjacent to an activating group) is 1. The maximum absolute atomic E-state index is 11.4. The summed E-state index contributed by atoms with van der Waals surface area (Å²) in [4.78, 5) is 36.2. The van der Waals surface area contributed by atoms with Crippen LogP contribution in [0.4, 0.5) is 4.79 Å². The standard InChI is InChI=1S/C9H15N3O3/c1-3-4-10-7(13)5-12-8(14)6-11(2)9(12)15/h3-6H2,1-2H3,(H,10,13).